The average molecular weight is 310 g/mol. The topological polar surface area (TPSA) is 39.6 Å². The molecule has 0 saturated heterocycles. The fourth-order valence-corrected chi connectivity index (χ4v) is 2.29. The molecule has 0 radical (unpaired) electrons. The zero-order chi connectivity index (χ0) is 12.3. The molecule has 1 heterocycles. The van der Waals surface area contributed by atoms with Gasteiger partial charge in [0.05, 0.1) is 0 Å². The predicted molar refractivity (Wildman–Crippen MR) is 65.5 cm³/mol. The molecule has 0 fully saturated rings. The molecule has 0 spiro atoms. The number of allylic oxidation sites excluding steroid dienone is 1. The first-order valence-electron chi connectivity index (χ1n) is 5.51. The summed E-state index contributed by atoms with van der Waals surface area (Å²) in [7, 11) is 0. The van der Waals surface area contributed by atoms with Gasteiger partial charge < -0.3 is 0 Å². The van der Waals surface area contributed by atoms with E-state index in [1.807, 2.05) is 6.08 Å². The van der Waals surface area contributed by atoms with Crippen LogP contribution in [0.1, 0.15) is 43.6 Å². The standard InChI is InChI=1S/C13H19N2.Pd/c1-5-10(4)13-11(8-14)7-12(15-13)6-9(2)3;/h5,8-10,14-15H,1,6H2,2-4H3;. The summed E-state index contributed by atoms with van der Waals surface area (Å²) in [4.78, 5) is 3.42. The van der Waals surface area contributed by atoms with Crippen molar-refractivity contribution in [2.24, 2.45) is 5.92 Å². The molecule has 91 valence electrons. The van der Waals surface area contributed by atoms with Crippen LogP contribution in [-0.4, -0.2) is 11.2 Å². The van der Waals surface area contributed by atoms with Gasteiger partial charge in [0, 0.05) is 0 Å². The van der Waals surface area contributed by atoms with Gasteiger partial charge in [-0.25, -0.2) is 0 Å². The third kappa shape index (κ3) is 2.72. The molecule has 0 aliphatic rings. The van der Waals surface area contributed by atoms with Crippen molar-refractivity contribution in [1.29, 1.82) is 5.41 Å². The minimum absolute atomic E-state index is 0.250. The molecule has 2 N–H and O–H groups in total. The molecule has 0 saturated carbocycles. The summed E-state index contributed by atoms with van der Waals surface area (Å²) in [6.45, 7) is 10.3. The summed E-state index contributed by atoms with van der Waals surface area (Å²) in [6.07, 6.45) is 4.31. The van der Waals surface area contributed by atoms with Crippen molar-refractivity contribution in [2.45, 2.75) is 33.1 Å². The number of aromatic nitrogens is 1. The summed E-state index contributed by atoms with van der Waals surface area (Å²) >= 11 is 3.28. The maximum atomic E-state index is 7.49. The Morgan fingerprint density at radius 3 is 2.50 bits per heavy atom. The quantitative estimate of drug-likeness (QED) is 0.477. The second-order valence-electron chi connectivity index (χ2n) is 4.48. The Morgan fingerprint density at radius 2 is 2.06 bits per heavy atom. The van der Waals surface area contributed by atoms with E-state index in [-0.39, 0.29) is 5.92 Å². The Kier molecular flexibility index (Phi) is 4.71. The first-order chi connectivity index (χ1) is 7.51. The Morgan fingerprint density at radius 1 is 1.44 bits per heavy atom. The number of nitrogens with one attached hydrogen (secondary N) is 2. The van der Waals surface area contributed by atoms with Crippen LogP contribution in [0.3, 0.4) is 0 Å². The third-order valence-corrected chi connectivity index (χ3v) is 3.50. The third-order valence-electron chi connectivity index (χ3n) is 2.61. The van der Waals surface area contributed by atoms with Gasteiger partial charge in [-0.1, -0.05) is 0 Å². The Hall–Kier alpha value is -0.648. The van der Waals surface area contributed by atoms with Gasteiger partial charge in [-0.05, 0) is 0 Å². The molecule has 0 bridgehead atoms. The summed E-state index contributed by atoms with van der Waals surface area (Å²) < 4.78 is 1.07. The molecule has 3 heteroatoms. The minimum atomic E-state index is 0.250. The molecule has 2 nitrogen and oxygen atoms in total. The maximum absolute atomic E-state index is 7.49. The van der Waals surface area contributed by atoms with E-state index in [1.54, 1.807) is 0 Å². The van der Waals surface area contributed by atoms with Crippen LogP contribution in [-0.2, 0) is 25.6 Å². The van der Waals surface area contributed by atoms with Crippen LogP contribution in [0, 0.1) is 11.3 Å². The summed E-state index contributed by atoms with van der Waals surface area (Å²) in [6, 6.07) is 0. The molecular weight excluding hydrogens is 291 g/mol. The fourth-order valence-electron chi connectivity index (χ4n) is 1.71. The van der Waals surface area contributed by atoms with E-state index in [0.29, 0.717) is 5.92 Å². The van der Waals surface area contributed by atoms with Crippen LogP contribution in [0.2, 0.25) is 0 Å². The number of hydrogen-bond donors (Lipinski definition) is 2. The first kappa shape index (κ1) is 13.4. The summed E-state index contributed by atoms with van der Waals surface area (Å²) in [5.41, 5.74) is 3.24. The van der Waals surface area contributed by atoms with E-state index in [2.05, 4.69) is 51.5 Å². The molecule has 0 aliphatic carbocycles. The van der Waals surface area contributed by atoms with E-state index in [0.717, 1.165) is 21.7 Å². The number of aromatic amines is 1. The molecule has 0 aromatic carbocycles. The van der Waals surface area contributed by atoms with Crippen LogP contribution in [0.5, 0.6) is 0 Å². The second kappa shape index (κ2) is 5.61. The van der Waals surface area contributed by atoms with Crippen molar-refractivity contribution in [3.05, 3.63) is 29.6 Å². The van der Waals surface area contributed by atoms with Crippen molar-refractivity contribution in [1.82, 2.24) is 4.98 Å². The van der Waals surface area contributed by atoms with E-state index in [1.165, 1.54) is 11.9 Å². The predicted octanol–water partition coefficient (Wildman–Crippen LogP) is 2.67. The van der Waals surface area contributed by atoms with Crippen LogP contribution in [0.25, 0.3) is 0 Å². The van der Waals surface area contributed by atoms with Gasteiger partial charge in [0.2, 0.25) is 0 Å². The van der Waals surface area contributed by atoms with Gasteiger partial charge in [-0.3, -0.25) is 0 Å². The van der Waals surface area contributed by atoms with Crippen molar-refractivity contribution in [3.63, 3.8) is 0 Å². The molecule has 1 aromatic rings. The molecule has 1 aromatic heterocycles. The SMILES string of the molecule is C=CC(C)c1[nH]c(CC(C)C)[c]([Pd])c1C=N. The van der Waals surface area contributed by atoms with Crippen molar-refractivity contribution in [3.8, 4) is 0 Å². The molecule has 16 heavy (non-hydrogen) atoms. The Labute approximate surface area is 108 Å². The number of H-pyrrole nitrogens is 1. The monoisotopic (exact) mass is 309 g/mol. The van der Waals surface area contributed by atoms with E-state index in [9.17, 15) is 0 Å². The second-order valence-corrected chi connectivity index (χ2v) is 5.26. The van der Waals surface area contributed by atoms with E-state index in [4.69, 9.17) is 5.41 Å². The zero-order valence-corrected chi connectivity index (χ0v) is 11.6. The van der Waals surface area contributed by atoms with Gasteiger partial charge in [0.1, 0.15) is 0 Å². The van der Waals surface area contributed by atoms with Crippen LogP contribution >= 0.6 is 0 Å². The van der Waals surface area contributed by atoms with Gasteiger partial charge >= 0.3 is 108 Å². The number of rotatable bonds is 5. The molecule has 1 unspecified atom stereocenters. The summed E-state index contributed by atoms with van der Waals surface area (Å²) in [5.74, 6) is 0.854. The van der Waals surface area contributed by atoms with Crippen LogP contribution < -0.4 is 4.04 Å². The van der Waals surface area contributed by atoms with Crippen LogP contribution in [0.4, 0.5) is 0 Å². The average Bonchev–Trinajstić information content (AvgIpc) is 2.54. The van der Waals surface area contributed by atoms with E-state index >= 15 is 0 Å². The van der Waals surface area contributed by atoms with E-state index < -0.39 is 0 Å². The molecule has 0 aliphatic heterocycles. The van der Waals surface area contributed by atoms with Crippen LogP contribution in [0.15, 0.2) is 12.7 Å². The van der Waals surface area contributed by atoms with Crippen molar-refractivity contribution >= 4 is 10.3 Å². The molecular formula is C13H19N2Pd. The van der Waals surface area contributed by atoms with Gasteiger partial charge in [0.15, 0.2) is 0 Å². The molecule has 1 atom stereocenters. The van der Waals surface area contributed by atoms with Gasteiger partial charge in [-0.15, -0.1) is 0 Å². The van der Waals surface area contributed by atoms with Gasteiger partial charge in [0.25, 0.3) is 0 Å². The summed E-state index contributed by atoms with van der Waals surface area (Å²) in [5, 5.41) is 7.49. The zero-order valence-electron chi connectivity index (χ0n) is 10.0. The number of hydrogen-bond acceptors (Lipinski definition) is 1. The molecule has 0 amide bonds. The van der Waals surface area contributed by atoms with Crippen molar-refractivity contribution in [2.75, 3.05) is 0 Å². The Bertz CT molecular complexity index is 391. The first-order valence-corrected chi connectivity index (χ1v) is 6.29. The Balaban J connectivity index is 3.19. The fraction of sp³-hybridized carbons (Fsp3) is 0.462. The van der Waals surface area contributed by atoms with Crippen molar-refractivity contribution < 1.29 is 19.2 Å². The normalized spacial score (nSPS) is 12.9. The van der Waals surface area contributed by atoms with Gasteiger partial charge in [-0.2, -0.15) is 0 Å². The molecule has 1 rings (SSSR count).